The van der Waals surface area contributed by atoms with E-state index in [0.717, 1.165) is 5.01 Å². The van der Waals surface area contributed by atoms with Gasteiger partial charge in [-0.25, -0.2) is 0 Å². The van der Waals surface area contributed by atoms with Crippen LogP contribution in [-0.4, -0.2) is 60.9 Å². The number of nitrogens with zero attached hydrogens (tertiary/aromatic N) is 3. The van der Waals surface area contributed by atoms with E-state index in [1.54, 1.807) is 0 Å². The first-order valence-corrected chi connectivity index (χ1v) is 12.3. The Hall–Kier alpha value is -1.61. The van der Waals surface area contributed by atoms with Crippen LogP contribution in [0.5, 0.6) is 5.75 Å². The molecule has 2 aliphatic rings. The number of aliphatic carboxylic acids is 1. The SMILES string of the molecule is Cc1nnc(SCC2=C(C(=O)[O-])N3C(=O)C(NC(=O)C(N)c4ccc(O)cc4)[C@H]3SC2)s1.[Na+]. The number of aromatic hydroxyl groups is 1. The Kier molecular flexibility index (Phi) is 8.48. The van der Waals surface area contributed by atoms with E-state index in [2.05, 4.69) is 15.5 Å². The summed E-state index contributed by atoms with van der Waals surface area (Å²) in [5, 5.41) is 32.0. The van der Waals surface area contributed by atoms with Crippen LogP contribution in [0.25, 0.3) is 0 Å². The van der Waals surface area contributed by atoms with Crippen LogP contribution in [0.15, 0.2) is 39.9 Å². The molecule has 33 heavy (non-hydrogen) atoms. The van der Waals surface area contributed by atoms with Gasteiger partial charge in [0.2, 0.25) is 5.91 Å². The van der Waals surface area contributed by atoms with Crippen molar-refractivity contribution in [2.75, 3.05) is 11.5 Å². The Morgan fingerprint density at radius 1 is 1.36 bits per heavy atom. The summed E-state index contributed by atoms with van der Waals surface area (Å²) in [7, 11) is 0. The number of thioether (sulfide) groups is 2. The number of aryl methyl sites for hydroxylation is 1. The number of nitrogens with one attached hydrogen (secondary N) is 1. The van der Waals surface area contributed by atoms with Gasteiger partial charge in [0.15, 0.2) is 4.34 Å². The molecular formula is C19H18N5NaO5S3. The van der Waals surface area contributed by atoms with Gasteiger partial charge < -0.3 is 26.1 Å². The quantitative estimate of drug-likeness (QED) is 0.194. The summed E-state index contributed by atoms with van der Waals surface area (Å²) < 4.78 is 0.711. The molecular weight excluding hydrogens is 497 g/mol. The second kappa shape index (κ2) is 10.8. The summed E-state index contributed by atoms with van der Waals surface area (Å²) in [6, 6.07) is 3.94. The van der Waals surface area contributed by atoms with E-state index in [1.807, 2.05) is 6.92 Å². The molecule has 14 heteroatoms. The van der Waals surface area contributed by atoms with E-state index in [4.69, 9.17) is 5.73 Å². The number of phenols is 1. The van der Waals surface area contributed by atoms with Crippen LogP contribution in [0.2, 0.25) is 0 Å². The Morgan fingerprint density at radius 3 is 2.67 bits per heavy atom. The zero-order chi connectivity index (χ0) is 23.0. The van der Waals surface area contributed by atoms with Gasteiger partial charge in [0.05, 0.1) is 11.7 Å². The fourth-order valence-electron chi connectivity index (χ4n) is 3.34. The number of fused-ring (bicyclic) bond motifs is 1. The zero-order valence-corrected chi connectivity index (χ0v) is 22.1. The van der Waals surface area contributed by atoms with Gasteiger partial charge in [-0.15, -0.1) is 22.0 Å². The Labute approximate surface area is 223 Å². The van der Waals surface area contributed by atoms with Crippen LogP contribution >= 0.6 is 34.9 Å². The van der Waals surface area contributed by atoms with Gasteiger partial charge in [-0.1, -0.05) is 35.2 Å². The van der Waals surface area contributed by atoms with Crippen molar-refractivity contribution in [1.29, 1.82) is 0 Å². The molecule has 168 valence electrons. The van der Waals surface area contributed by atoms with Crippen LogP contribution in [-0.2, 0) is 14.4 Å². The molecule has 0 spiro atoms. The minimum Gasteiger partial charge on any atom is -0.543 e. The van der Waals surface area contributed by atoms with Gasteiger partial charge in [0.25, 0.3) is 5.91 Å². The van der Waals surface area contributed by atoms with Gasteiger partial charge in [-0.2, -0.15) is 0 Å². The van der Waals surface area contributed by atoms with E-state index in [1.165, 1.54) is 64.0 Å². The van der Waals surface area contributed by atoms with Crippen molar-refractivity contribution in [2.24, 2.45) is 5.73 Å². The van der Waals surface area contributed by atoms with Gasteiger partial charge in [0.1, 0.15) is 28.2 Å². The van der Waals surface area contributed by atoms with Gasteiger partial charge in [-0.3, -0.25) is 14.5 Å². The van der Waals surface area contributed by atoms with E-state index in [-0.39, 0.29) is 41.0 Å². The fourth-order valence-corrected chi connectivity index (χ4v) is 6.64. The number of carboxylic acid groups (broad SMARTS) is 1. The smallest absolute Gasteiger partial charge is 0.543 e. The maximum Gasteiger partial charge on any atom is 1.00 e. The number of aromatic nitrogens is 2. The third-order valence-electron chi connectivity index (χ3n) is 4.95. The van der Waals surface area contributed by atoms with Gasteiger partial charge >= 0.3 is 29.6 Å². The Morgan fingerprint density at radius 2 is 2.06 bits per heavy atom. The number of carbonyl (C=O) groups is 3. The minimum atomic E-state index is -1.43. The first-order valence-electron chi connectivity index (χ1n) is 9.42. The number of hydrogen-bond donors (Lipinski definition) is 3. The van der Waals surface area contributed by atoms with Crippen molar-refractivity contribution in [3.63, 3.8) is 0 Å². The average Bonchev–Trinajstić information content (AvgIpc) is 3.20. The maximum absolute atomic E-state index is 12.7. The van der Waals surface area contributed by atoms with E-state index >= 15 is 0 Å². The molecule has 3 heterocycles. The minimum absolute atomic E-state index is 0. The van der Waals surface area contributed by atoms with Crippen LogP contribution in [0.3, 0.4) is 0 Å². The molecule has 0 aliphatic carbocycles. The number of benzene rings is 1. The number of carbonyl (C=O) groups excluding carboxylic acids is 3. The second-order valence-corrected chi connectivity index (χ2v) is 10.6. The predicted octanol–water partition coefficient (Wildman–Crippen LogP) is -3.25. The van der Waals surface area contributed by atoms with E-state index < -0.39 is 35.2 Å². The van der Waals surface area contributed by atoms with Crippen molar-refractivity contribution in [1.82, 2.24) is 20.4 Å². The number of phenolic OH excluding ortho intramolecular Hbond substituents is 1. The van der Waals surface area contributed by atoms with Crippen molar-refractivity contribution < 1.29 is 54.2 Å². The molecule has 2 aromatic rings. The molecule has 4 rings (SSSR count). The summed E-state index contributed by atoms with van der Waals surface area (Å²) in [6.07, 6.45) is 0. The molecule has 2 unspecified atom stereocenters. The summed E-state index contributed by atoms with van der Waals surface area (Å²) in [4.78, 5) is 38.3. The molecule has 4 N–H and O–H groups in total. The Bertz CT molecular complexity index is 1110. The van der Waals surface area contributed by atoms with Gasteiger partial charge in [-0.05, 0) is 30.2 Å². The maximum atomic E-state index is 12.7. The van der Waals surface area contributed by atoms with E-state index in [9.17, 15) is 24.6 Å². The van der Waals surface area contributed by atoms with Crippen molar-refractivity contribution in [2.45, 2.75) is 28.7 Å². The van der Waals surface area contributed by atoms with Crippen molar-refractivity contribution in [3.8, 4) is 5.75 Å². The summed E-state index contributed by atoms with van der Waals surface area (Å²) in [5.74, 6) is -1.77. The molecule has 0 radical (unpaired) electrons. The molecule has 2 aliphatic heterocycles. The fraction of sp³-hybridized carbons (Fsp3) is 0.316. The normalized spacial score (nSPS) is 20.4. The first-order chi connectivity index (χ1) is 15.3. The van der Waals surface area contributed by atoms with Crippen LogP contribution < -0.4 is 45.7 Å². The molecule has 3 atom stereocenters. The predicted molar refractivity (Wildman–Crippen MR) is 117 cm³/mol. The van der Waals surface area contributed by atoms with Crippen molar-refractivity contribution in [3.05, 3.63) is 46.1 Å². The van der Waals surface area contributed by atoms with Crippen LogP contribution in [0.1, 0.15) is 16.6 Å². The standard InChI is InChI=1S/C19H19N5O5S3.Na/c1-8-22-23-19(32-8)31-7-10-6-30-17-13(16(27)24(17)14(10)18(28)29)21-15(26)12(20)9-2-4-11(25)5-3-9;/h2-5,12-13,17,25H,6-7,20H2,1H3,(H,21,26)(H,28,29);/q;+1/p-1/t12?,13?,17-;/m1./s1. The summed E-state index contributed by atoms with van der Waals surface area (Å²) >= 11 is 4.12. The Balaban J connectivity index is 0.00000306. The number of carboxylic acids is 1. The topological polar surface area (TPSA) is 162 Å². The molecule has 0 saturated carbocycles. The van der Waals surface area contributed by atoms with E-state index in [0.29, 0.717) is 27.0 Å². The van der Waals surface area contributed by atoms with Crippen LogP contribution in [0, 0.1) is 6.92 Å². The number of amides is 2. The largest absolute Gasteiger partial charge is 1.00 e. The number of β-lactam (4-membered cyclic amide) rings is 1. The molecule has 2 amide bonds. The first kappa shape index (κ1) is 26.0. The molecule has 1 aromatic heterocycles. The van der Waals surface area contributed by atoms with Gasteiger partial charge in [0, 0.05) is 11.5 Å². The van der Waals surface area contributed by atoms with Crippen LogP contribution in [0.4, 0.5) is 0 Å². The number of hydrogen-bond acceptors (Lipinski definition) is 11. The molecule has 1 aromatic carbocycles. The third kappa shape index (κ3) is 5.39. The number of nitrogens with two attached hydrogens (primary N) is 1. The number of rotatable bonds is 7. The molecule has 10 nitrogen and oxygen atoms in total. The zero-order valence-electron chi connectivity index (χ0n) is 17.7. The molecule has 1 fully saturated rings. The second-order valence-electron chi connectivity index (χ2n) is 7.08. The average molecular weight is 516 g/mol. The van der Waals surface area contributed by atoms with Crippen molar-refractivity contribution >= 4 is 52.6 Å². The third-order valence-corrected chi connectivity index (χ3v) is 8.35. The summed E-state index contributed by atoms with van der Waals surface area (Å²) in [6.45, 7) is 1.83. The monoisotopic (exact) mass is 515 g/mol. The molecule has 1 saturated heterocycles. The molecule has 0 bridgehead atoms. The summed E-state index contributed by atoms with van der Waals surface area (Å²) in [5.41, 5.74) is 6.85.